The number of ether oxygens (including phenoxy) is 1. The molecule has 2 aromatic carbocycles. The minimum absolute atomic E-state index is 0.343. The van der Waals surface area contributed by atoms with Gasteiger partial charge in [0.15, 0.2) is 0 Å². The van der Waals surface area contributed by atoms with Gasteiger partial charge in [0.05, 0.1) is 18.9 Å². The van der Waals surface area contributed by atoms with Crippen LogP contribution in [0.25, 0.3) is 11.1 Å². The smallest absolute Gasteiger partial charge is 0.217 e. The third kappa shape index (κ3) is 2.79. The molecule has 22 heavy (non-hydrogen) atoms. The summed E-state index contributed by atoms with van der Waals surface area (Å²) >= 11 is 0. The molecule has 0 fully saturated rings. The Morgan fingerprint density at radius 3 is 2.55 bits per heavy atom. The maximum absolute atomic E-state index is 13.8. The largest absolute Gasteiger partial charge is 0.596 e. The van der Waals surface area contributed by atoms with Crippen molar-refractivity contribution < 1.29 is 14.0 Å². The Balaban J connectivity index is 1.87. The van der Waals surface area contributed by atoms with Crippen LogP contribution in [-0.2, 0) is 6.54 Å². The zero-order chi connectivity index (χ0) is 15.5. The van der Waals surface area contributed by atoms with Crippen LogP contribution in [0.15, 0.2) is 60.9 Å². The minimum Gasteiger partial charge on any atom is -0.596 e. The van der Waals surface area contributed by atoms with E-state index in [0.717, 1.165) is 11.3 Å². The van der Waals surface area contributed by atoms with Crippen LogP contribution >= 0.6 is 0 Å². The maximum atomic E-state index is 13.8. The number of methoxy groups -OCH3 is 1. The molecule has 0 radical (unpaired) electrons. The highest BCUT2D eigenvalue weighted by atomic mass is 19.1. The summed E-state index contributed by atoms with van der Waals surface area (Å²) in [5.74, 6) is 0.419. The summed E-state index contributed by atoms with van der Waals surface area (Å²) in [7, 11) is 1.60. The fourth-order valence-corrected chi connectivity index (χ4v) is 2.31. The molecule has 0 saturated carbocycles. The molecule has 0 aliphatic carbocycles. The van der Waals surface area contributed by atoms with Crippen molar-refractivity contribution >= 4 is 0 Å². The lowest BCUT2D eigenvalue weighted by molar-refractivity contribution is -0.693. The molecule has 0 amide bonds. The van der Waals surface area contributed by atoms with Crippen molar-refractivity contribution in [1.29, 1.82) is 0 Å². The Kier molecular flexibility index (Phi) is 3.78. The molecule has 5 heteroatoms. The van der Waals surface area contributed by atoms with Crippen molar-refractivity contribution in [2.75, 3.05) is 7.11 Å². The van der Waals surface area contributed by atoms with E-state index in [4.69, 9.17) is 4.74 Å². The first-order chi connectivity index (χ1) is 10.7. The maximum Gasteiger partial charge on any atom is 0.217 e. The first kappa shape index (κ1) is 14.1. The number of rotatable bonds is 4. The number of hydrogen-bond donors (Lipinski definition) is 0. The van der Waals surface area contributed by atoms with E-state index in [9.17, 15) is 9.60 Å². The van der Waals surface area contributed by atoms with E-state index in [0.29, 0.717) is 22.5 Å². The van der Waals surface area contributed by atoms with Gasteiger partial charge in [0, 0.05) is 5.56 Å². The molecule has 1 aromatic heterocycles. The van der Waals surface area contributed by atoms with Crippen LogP contribution in [0.1, 0.15) is 5.56 Å². The Labute approximate surface area is 127 Å². The second kappa shape index (κ2) is 5.89. The molecular weight excluding hydrogens is 283 g/mol. The lowest BCUT2D eigenvalue weighted by atomic mass is 10.1. The van der Waals surface area contributed by atoms with E-state index in [-0.39, 0.29) is 5.82 Å². The molecule has 0 saturated heterocycles. The van der Waals surface area contributed by atoms with Gasteiger partial charge in [-0.25, -0.2) is 4.39 Å². The number of aromatic nitrogens is 2. The highest BCUT2D eigenvalue weighted by Gasteiger charge is 2.13. The molecule has 3 aromatic rings. The summed E-state index contributed by atoms with van der Waals surface area (Å²) < 4.78 is 20.4. The lowest BCUT2D eigenvalue weighted by Crippen LogP contribution is -2.36. The van der Waals surface area contributed by atoms with Gasteiger partial charge in [-0.15, -0.1) is 4.68 Å². The quantitative estimate of drug-likeness (QED) is 0.549. The molecule has 3 rings (SSSR count). The molecule has 0 spiro atoms. The van der Waals surface area contributed by atoms with E-state index >= 15 is 0 Å². The average molecular weight is 298 g/mol. The van der Waals surface area contributed by atoms with Crippen LogP contribution < -0.4 is 9.58 Å². The van der Waals surface area contributed by atoms with Crippen molar-refractivity contribution in [3.63, 3.8) is 0 Å². The van der Waals surface area contributed by atoms with Crippen molar-refractivity contribution in [3.8, 4) is 16.9 Å². The van der Waals surface area contributed by atoms with Crippen molar-refractivity contribution in [1.82, 2.24) is 4.68 Å². The van der Waals surface area contributed by atoms with Crippen LogP contribution in [0.5, 0.6) is 5.75 Å². The summed E-state index contributed by atoms with van der Waals surface area (Å²) in [6.07, 6.45) is 3.03. The monoisotopic (exact) mass is 298 g/mol. The van der Waals surface area contributed by atoms with Gasteiger partial charge in [0.1, 0.15) is 18.1 Å². The number of nitrogens with zero attached hydrogens (tertiary/aromatic N) is 2. The summed E-state index contributed by atoms with van der Waals surface area (Å²) in [6, 6.07) is 13.9. The SMILES string of the molecule is COc1ccc(Cn2cc(-c3ccccc3F)c[n+]2[O-])cc1. The second-order valence-corrected chi connectivity index (χ2v) is 4.94. The molecule has 1 heterocycles. The Bertz CT molecular complexity index is 782. The van der Waals surface area contributed by atoms with E-state index in [2.05, 4.69) is 0 Å². The van der Waals surface area contributed by atoms with Crippen LogP contribution in [0, 0.1) is 11.0 Å². The normalized spacial score (nSPS) is 10.6. The van der Waals surface area contributed by atoms with Crippen LogP contribution in [0.3, 0.4) is 0 Å². The predicted octanol–water partition coefficient (Wildman–Crippen LogP) is 2.98. The zero-order valence-electron chi connectivity index (χ0n) is 12.1. The first-order valence-electron chi connectivity index (χ1n) is 6.85. The van der Waals surface area contributed by atoms with Gasteiger partial charge in [-0.2, -0.15) is 0 Å². The molecule has 0 bridgehead atoms. The average Bonchev–Trinajstić information content (AvgIpc) is 2.89. The van der Waals surface area contributed by atoms with Gasteiger partial charge in [0.2, 0.25) is 6.20 Å². The van der Waals surface area contributed by atoms with Crippen molar-refractivity contribution in [2.24, 2.45) is 0 Å². The van der Waals surface area contributed by atoms with Crippen LogP contribution in [0.2, 0.25) is 0 Å². The van der Waals surface area contributed by atoms with Gasteiger partial charge in [-0.05, 0) is 23.8 Å². The molecule has 4 nitrogen and oxygen atoms in total. The zero-order valence-corrected chi connectivity index (χ0v) is 12.1. The summed E-state index contributed by atoms with van der Waals surface area (Å²) in [5, 5.41) is 12.0. The molecule has 0 N–H and O–H groups in total. The van der Waals surface area contributed by atoms with E-state index in [1.54, 1.807) is 31.5 Å². The van der Waals surface area contributed by atoms with Crippen molar-refractivity contribution in [2.45, 2.75) is 6.54 Å². The van der Waals surface area contributed by atoms with Crippen LogP contribution in [-0.4, -0.2) is 11.8 Å². The van der Waals surface area contributed by atoms with E-state index in [1.165, 1.54) is 16.9 Å². The lowest BCUT2D eigenvalue weighted by Gasteiger charge is -2.04. The van der Waals surface area contributed by atoms with Gasteiger partial charge >= 0.3 is 0 Å². The molecule has 0 aliphatic heterocycles. The molecule has 0 atom stereocenters. The fraction of sp³-hybridized carbons (Fsp3) is 0.118. The molecular formula is C17H15FN2O2. The predicted molar refractivity (Wildman–Crippen MR) is 80.9 cm³/mol. The highest BCUT2D eigenvalue weighted by Crippen LogP contribution is 2.21. The molecule has 0 aliphatic rings. The molecule has 0 unspecified atom stereocenters. The topological polar surface area (TPSA) is 41.1 Å². The summed E-state index contributed by atoms with van der Waals surface area (Å²) in [5.41, 5.74) is 1.93. The van der Waals surface area contributed by atoms with Crippen LogP contribution in [0.4, 0.5) is 4.39 Å². The Hall–Kier alpha value is -2.82. The Morgan fingerprint density at radius 2 is 1.86 bits per heavy atom. The third-order valence-electron chi connectivity index (χ3n) is 3.48. The third-order valence-corrected chi connectivity index (χ3v) is 3.48. The van der Waals surface area contributed by atoms with Gasteiger partial charge in [-0.1, -0.05) is 35.2 Å². The van der Waals surface area contributed by atoms with Crippen molar-refractivity contribution in [3.05, 3.63) is 77.5 Å². The first-order valence-corrected chi connectivity index (χ1v) is 6.85. The summed E-state index contributed by atoms with van der Waals surface area (Å²) in [4.78, 5) is 0.714. The minimum atomic E-state index is -0.343. The van der Waals surface area contributed by atoms with Gasteiger partial charge in [0.25, 0.3) is 0 Å². The van der Waals surface area contributed by atoms with E-state index in [1.807, 2.05) is 24.3 Å². The van der Waals surface area contributed by atoms with Gasteiger partial charge < -0.3 is 9.94 Å². The fourth-order valence-electron chi connectivity index (χ4n) is 2.31. The summed E-state index contributed by atoms with van der Waals surface area (Å²) in [6.45, 7) is 0.405. The number of halogens is 1. The van der Waals surface area contributed by atoms with Gasteiger partial charge in [-0.3, -0.25) is 0 Å². The number of hydrogen-bond acceptors (Lipinski definition) is 2. The van der Waals surface area contributed by atoms with E-state index < -0.39 is 0 Å². The number of benzene rings is 2. The molecule has 112 valence electrons. The standard InChI is InChI=1S/C17H15FN2O2/c1-22-15-8-6-13(7-9-15)10-19-11-14(12-20(19)21)16-4-2-3-5-17(16)18/h2-9,11-12H,10H2,1H3. The Morgan fingerprint density at radius 1 is 1.14 bits per heavy atom. The highest BCUT2D eigenvalue weighted by molar-refractivity contribution is 5.61. The second-order valence-electron chi connectivity index (χ2n) is 4.94.